The molecule has 0 aliphatic carbocycles. The van der Waals surface area contributed by atoms with Crippen molar-refractivity contribution in [3.63, 3.8) is 0 Å². The van der Waals surface area contributed by atoms with E-state index in [1.54, 1.807) is 0 Å². The van der Waals surface area contributed by atoms with E-state index in [2.05, 4.69) is 12.1 Å². The van der Waals surface area contributed by atoms with Gasteiger partial charge in [0.1, 0.15) is 5.84 Å². The second kappa shape index (κ2) is 8.87. The molecule has 4 nitrogen and oxygen atoms in total. The molecule has 0 saturated carbocycles. The lowest BCUT2D eigenvalue weighted by Gasteiger charge is -2.19. The number of hydrogen-bond acceptors (Lipinski definition) is 3. The minimum atomic E-state index is -0.543. The number of likely N-dealkylation sites (N-methyl/N-ethyl adjacent to an activating group) is 1. The number of carbonyl (C=O) groups excluding carboxylic acids is 1. The van der Waals surface area contributed by atoms with Crippen molar-refractivity contribution in [3.05, 3.63) is 71.8 Å². The van der Waals surface area contributed by atoms with E-state index in [-0.39, 0.29) is 5.97 Å². The van der Waals surface area contributed by atoms with Crippen LogP contribution in [-0.2, 0) is 22.4 Å². The van der Waals surface area contributed by atoms with Crippen molar-refractivity contribution in [2.45, 2.75) is 18.9 Å². The average molecular weight is 324 g/mol. The van der Waals surface area contributed by atoms with E-state index in [0.717, 1.165) is 17.0 Å². The number of benzene rings is 2. The van der Waals surface area contributed by atoms with Crippen molar-refractivity contribution in [2.75, 3.05) is 21.2 Å². The van der Waals surface area contributed by atoms with E-state index >= 15 is 0 Å². The Kier molecular flexibility index (Phi) is 6.55. The fraction of sp³-hybridized carbons (Fsp3) is 0.300. The predicted octanol–water partition coefficient (Wildman–Crippen LogP) is 2.97. The maximum atomic E-state index is 12.2. The lowest BCUT2D eigenvalue weighted by molar-refractivity contribution is -0.142. The van der Waals surface area contributed by atoms with Gasteiger partial charge in [-0.05, 0) is 11.1 Å². The summed E-state index contributed by atoms with van der Waals surface area (Å²) in [5, 5.41) is 0. The fourth-order valence-electron chi connectivity index (χ4n) is 2.43. The minimum absolute atomic E-state index is 0.314. The first-order valence-corrected chi connectivity index (χ1v) is 8.00. The van der Waals surface area contributed by atoms with Crippen LogP contribution in [0.25, 0.3) is 0 Å². The molecule has 0 aromatic heterocycles. The highest BCUT2D eigenvalue weighted by Gasteiger charge is 2.20. The lowest BCUT2D eigenvalue weighted by Crippen LogP contribution is -2.30. The van der Waals surface area contributed by atoms with Crippen LogP contribution in [0.2, 0.25) is 0 Å². The van der Waals surface area contributed by atoms with Crippen LogP contribution in [0.3, 0.4) is 0 Å². The van der Waals surface area contributed by atoms with Crippen molar-refractivity contribution >= 4 is 11.8 Å². The molecule has 2 aromatic carbocycles. The summed E-state index contributed by atoms with van der Waals surface area (Å²) in [7, 11) is 5.29. The topological polar surface area (TPSA) is 41.9 Å². The first kappa shape index (κ1) is 17.7. The Labute approximate surface area is 143 Å². The molecule has 1 atom stereocenters. The zero-order valence-corrected chi connectivity index (χ0v) is 14.5. The van der Waals surface area contributed by atoms with Crippen LogP contribution in [0, 0.1) is 0 Å². The second-order valence-corrected chi connectivity index (χ2v) is 5.83. The van der Waals surface area contributed by atoms with Crippen LogP contribution in [0.5, 0.6) is 0 Å². The van der Waals surface area contributed by atoms with E-state index in [4.69, 9.17) is 9.73 Å². The molecule has 1 unspecified atom stereocenters. The minimum Gasteiger partial charge on any atom is -0.467 e. The van der Waals surface area contributed by atoms with Gasteiger partial charge in [-0.25, -0.2) is 4.79 Å². The zero-order valence-electron chi connectivity index (χ0n) is 14.5. The first-order valence-electron chi connectivity index (χ1n) is 8.00. The number of carbonyl (C=O) groups is 1. The highest BCUT2D eigenvalue weighted by Crippen LogP contribution is 2.10. The third-order valence-electron chi connectivity index (χ3n) is 3.77. The van der Waals surface area contributed by atoms with Gasteiger partial charge < -0.3 is 9.64 Å². The molecule has 0 radical (unpaired) electrons. The Morgan fingerprint density at radius 3 is 2.04 bits per heavy atom. The van der Waals surface area contributed by atoms with E-state index in [1.807, 2.05) is 67.5 Å². The van der Waals surface area contributed by atoms with Crippen LogP contribution in [-0.4, -0.2) is 44.0 Å². The van der Waals surface area contributed by atoms with Gasteiger partial charge in [-0.15, -0.1) is 0 Å². The van der Waals surface area contributed by atoms with Crippen molar-refractivity contribution < 1.29 is 9.53 Å². The number of ether oxygens (including phenoxy) is 1. The summed E-state index contributed by atoms with van der Waals surface area (Å²) < 4.78 is 4.95. The molecule has 0 fully saturated rings. The quantitative estimate of drug-likeness (QED) is 0.466. The van der Waals surface area contributed by atoms with Gasteiger partial charge in [-0.3, -0.25) is 4.99 Å². The maximum Gasteiger partial charge on any atom is 0.331 e. The normalized spacial score (nSPS) is 12.5. The Hall–Kier alpha value is -2.62. The van der Waals surface area contributed by atoms with E-state index in [0.29, 0.717) is 12.8 Å². The van der Waals surface area contributed by atoms with Crippen LogP contribution >= 0.6 is 0 Å². The van der Waals surface area contributed by atoms with Crippen LogP contribution in [0.4, 0.5) is 0 Å². The molecule has 24 heavy (non-hydrogen) atoms. The van der Waals surface area contributed by atoms with E-state index in [1.165, 1.54) is 7.11 Å². The molecule has 0 aliphatic rings. The highest BCUT2D eigenvalue weighted by molar-refractivity contribution is 5.87. The van der Waals surface area contributed by atoms with Gasteiger partial charge in [0, 0.05) is 26.9 Å². The van der Waals surface area contributed by atoms with Crippen molar-refractivity contribution in [1.29, 1.82) is 0 Å². The number of amidine groups is 1. The molecule has 0 aliphatic heterocycles. The SMILES string of the molecule is COC(=O)C(Cc1ccccc1)N=C(Cc1ccccc1)N(C)C. The molecule has 126 valence electrons. The summed E-state index contributed by atoms with van der Waals surface area (Å²) in [6.07, 6.45) is 1.20. The Bertz CT molecular complexity index is 667. The monoisotopic (exact) mass is 324 g/mol. The Morgan fingerprint density at radius 1 is 1.00 bits per heavy atom. The molecule has 2 rings (SSSR count). The first-order chi connectivity index (χ1) is 11.6. The van der Waals surface area contributed by atoms with E-state index in [9.17, 15) is 4.79 Å². The van der Waals surface area contributed by atoms with Gasteiger partial charge in [0.2, 0.25) is 0 Å². The molecule has 0 spiro atoms. The predicted molar refractivity (Wildman–Crippen MR) is 97.2 cm³/mol. The van der Waals surface area contributed by atoms with Gasteiger partial charge in [-0.1, -0.05) is 60.7 Å². The molecular formula is C20H24N2O2. The molecule has 0 amide bonds. The average Bonchev–Trinajstić information content (AvgIpc) is 2.61. The van der Waals surface area contributed by atoms with Gasteiger partial charge >= 0.3 is 5.97 Å². The van der Waals surface area contributed by atoms with Gasteiger partial charge in [0.25, 0.3) is 0 Å². The van der Waals surface area contributed by atoms with Gasteiger partial charge in [-0.2, -0.15) is 0 Å². The Morgan fingerprint density at radius 2 is 1.54 bits per heavy atom. The third-order valence-corrected chi connectivity index (χ3v) is 3.77. The number of methoxy groups -OCH3 is 1. The molecule has 0 saturated heterocycles. The molecular weight excluding hydrogens is 300 g/mol. The largest absolute Gasteiger partial charge is 0.467 e. The summed E-state index contributed by atoms with van der Waals surface area (Å²) >= 11 is 0. The summed E-state index contributed by atoms with van der Waals surface area (Å²) in [6.45, 7) is 0. The zero-order chi connectivity index (χ0) is 17.4. The molecule has 0 N–H and O–H groups in total. The van der Waals surface area contributed by atoms with Crippen molar-refractivity contribution in [1.82, 2.24) is 4.90 Å². The van der Waals surface area contributed by atoms with Crippen LogP contribution < -0.4 is 0 Å². The summed E-state index contributed by atoms with van der Waals surface area (Å²) in [5.74, 6) is 0.541. The van der Waals surface area contributed by atoms with Crippen LogP contribution in [0.15, 0.2) is 65.7 Å². The number of rotatable bonds is 6. The third kappa shape index (κ3) is 5.23. The number of esters is 1. The van der Waals surface area contributed by atoms with Gasteiger partial charge in [0.05, 0.1) is 7.11 Å². The highest BCUT2D eigenvalue weighted by atomic mass is 16.5. The fourth-order valence-corrected chi connectivity index (χ4v) is 2.43. The van der Waals surface area contributed by atoms with Gasteiger partial charge in [0.15, 0.2) is 6.04 Å². The number of nitrogens with zero attached hydrogens (tertiary/aromatic N) is 2. The second-order valence-electron chi connectivity index (χ2n) is 5.83. The van der Waals surface area contributed by atoms with Crippen molar-refractivity contribution in [2.24, 2.45) is 4.99 Å². The summed E-state index contributed by atoms with van der Waals surface area (Å²) in [5.41, 5.74) is 2.22. The molecule has 0 heterocycles. The number of aliphatic imine (C=N–C) groups is 1. The molecule has 0 bridgehead atoms. The van der Waals surface area contributed by atoms with Crippen molar-refractivity contribution in [3.8, 4) is 0 Å². The lowest BCUT2D eigenvalue weighted by atomic mass is 10.1. The van der Waals surface area contributed by atoms with Crippen LogP contribution in [0.1, 0.15) is 11.1 Å². The Balaban J connectivity index is 2.24. The molecule has 2 aromatic rings. The maximum absolute atomic E-state index is 12.2. The molecule has 4 heteroatoms. The van der Waals surface area contributed by atoms with E-state index < -0.39 is 6.04 Å². The smallest absolute Gasteiger partial charge is 0.331 e. The summed E-state index contributed by atoms with van der Waals surface area (Å²) in [6, 6.07) is 19.5. The number of hydrogen-bond donors (Lipinski definition) is 0. The summed E-state index contributed by atoms with van der Waals surface area (Å²) in [4.78, 5) is 18.8. The standard InChI is InChI=1S/C20H24N2O2/c1-22(2)19(15-17-12-8-5-9-13-17)21-18(20(23)24-3)14-16-10-6-4-7-11-16/h4-13,18H,14-15H2,1-3H3.